The predicted octanol–water partition coefficient (Wildman–Crippen LogP) is 0.184. The zero-order valence-electron chi connectivity index (χ0n) is 10.1. The molecule has 0 aromatic heterocycles. The van der Waals surface area contributed by atoms with Crippen LogP contribution in [0.25, 0.3) is 0 Å². The van der Waals surface area contributed by atoms with Crippen molar-refractivity contribution in [3.05, 3.63) is 0 Å². The molecule has 2 atom stereocenters. The number of hydrogen-bond donors (Lipinski definition) is 3. The number of likely N-dealkylation sites (tertiary alicyclic amines) is 1. The summed E-state index contributed by atoms with van der Waals surface area (Å²) < 4.78 is 0. The van der Waals surface area contributed by atoms with Crippen molar-refractivity contribution in [1.82, 2.24) is 15.5 Å². The van der Waals surface area contributed by atoms with Gasteiger partial charge in [-0.1, -0.05) is 0 Å². The van der Waals surface area contributed by atoms with E-state index in [4.69, 9.17) is 5.11 Å². The number of carboxylic acid groups (broad SMARTS) is 1. The van der Waals surface area contributed by atoms with Gasteiger partial charge < -0.3 is 20.6 Å². The minimum Gasteiger partial charge on any atom is -0.465 e. The van der Waals surface area contributed by atoms with Gasteiger partial charge in [-0.15, -0.1) is 0 Å². The second kappa shape index (κ2) is 4.46. The molecular weight excluding hydrogens is 218 g/mol. The summed E-state index contributed by atoms with van der Waals surface area (Å²) in [6.07, 6.45) is 1.72. The lowest BCUT2D eigenvalue weighted by Crippen LogP contribution is -2.38. The Balaban J connectivity index is 1.41. The number of piperidine rings is 2. The first-order valence-corrected chi connectivity index (χ1v) is 6.66. The Morgan fingerprint density at radius 2 is 1.94 bits per heavy atom. The van der Waals surface area contributed by atoms with Crippen molar-refractivity contribution in [3.8, 4) is 0 Å². The van der Waals surface area contributed by atoms with E-state index in [0.717, 1.165) is 32.1 Å². The van der Waals surface area contributed by atoms with Crippen molar-refractivity contribution in [2.75, 3.05) is 32.7 Å². The summed E-state index contributed by atoms with van der Waals surface area (Å²) in [7, 11) is 0. The minimum atomic E-state index is -0.866. The lowest BCUT2D eigenvalue weighted by atomic mass is 9.97. The highest BCUT2D eigenvalue weighted by Gasteiger charge is 2.56. The molecule has 3 rings (SSSR count). The van der Waals surface area contributed by atoms with Crippen LogP contribution < -0.4 is 10.6 Å². The monoisotopic (exact) mass is 239 g/mol. The summed E-state index contributed by atoms with van der Waals surface area (Å²) in [6.45, 7) is 5.73. The van der Waals surface area contributed by atoms with Gasteiger partial charge in [0.15, 0.2) is 0 Å². The molecule has 5 nitrogen and oxygen atoms in total. The Labute approximate surface area is 102 Å². The second-order valence-electron chi connectivity index (χ2n) is 5.71. The van der Waals surface area contributed by atoms with Crippen LogP contribution in [-0.2, 0) is 0 Å². The molecule has 1 amide bonds. The van der Waals surface area contributed by atoms with Crippen LogP contribution in [0.15, 0.2) is 0 Å². The molecule has 0 radical (unpaired) electrons. The van der Waals surface area contributed by atoms with Crippen LogP contribution in [-0.4, -0.2) is 54.9 Å². The smallest absolute Gasteiger partial charge is 0.404 e. The van der Waals surface area contributed by atoms with Gasteiger partial charge in [-0.3, -0.25) is 0 Å². The zero-order chi connectivity index (χ0) is 11.8. The summed E-state index contributed by atoms with van der Waals surface area (Å²) >= 11 is 0. The van der Waals surface area contributed by atoms with Crippen LogP contribution in [0.2, 0.25) is 0 Å². The number of amides is 1. The molecule has 3 fully saturated rings. The van der Waals surface area contributed by atoms with E-state index < -0.39 is 6.09 Å². The quantitative estimate of drug-likeness (QED) is 0.657. The highest BCUT2D eigenvalue weighted by Crippen LogP contribution is 2.45. The molecule has 0 spiro atoms. The normalized spacial score (nSPS) is 37.8. The maximum Gasteiger partial charge on any atom is 0.404 e. The molecule has 2 aliphatic heterocycles. The maximum absolute atomic E-state index is 10.5. The first-order chi connectivity index (χ1) is 8.24. The minimum absolute atomic E-state index is 0.247. The molecule has 96 valence electrons. The summed E-state index contributed by atoms with van der Waals surface area (Å²) in [5, 5.41) is 14.7. The van der Waals surface area contributed by atoms with E-state index in [0.29, 0.717) is 11.8 Å². The molecule has 2 unspecified atom stereocenters. The van der Waals surface area contributed by atoms with Gasteiger partial charge in [0.25, 0.3) is 0 Å². The van der Waals surface area contributed by atoms with E-state index >= 15 is 0 Å². The number of hydrogen-bond acceptors (Lipinski definition) is 3. The Bertz CT molecular complexity index is 292. The molecule has 3 aliphatic rings. The average Bonchev–Trinajstić information content (AvgIpc) is 2.74. The average molecular weight is 239 g/mol. The van der Waals surface area contributed by atoms with Gasteiger partial charge in [-0.05, 0) is 43.7 Å². The summed E-state index contributed by atoms with van der Waals surface area (Å²) in [6, 6.07) is 0.247. The first-order valence-electron chi connectivity index (χ1n) is 6.66. The maximum atomic E-state index is 10.5. The van der Waals surface area contributed by atoms with Crippen molar-refractivity contribution in [3.63, 3.8) is 0 Å². The summed E-state index contributed by atoms with van der Waals surface area (Å²) in [5.41, 5.74) is 0. The topological polar surface area (TPSA) is 64.6 Å². The molecule has 5 heteroatoms. The third-order valence-corrected chi connectivity index (χ3v) is 4.53. The molecule has 1 aliphatic carbocycles. The van der Waals surface area contributed by atoms with Gasteiger partial charge in [0.2, 0.25) is 0 Å². The first kappa shape index (κ1) is 11.3. The number of nitrogens with one attached hydrogen (secondary N) is 2. The summed E-state index contributed by atoms with van der Waals surface area (Å²) in [5.74, 6) is 2.03. The fourth-order valence-corrected chi connectivity index (χ4v) is 3.55. The number of rotatable bonds is 3. The summed E-state index contributed by atoms with van der Waals surface area (Å²) in [4.78, 5) is 13.1. The molecule has 0 aromatic rings. The van der Waals surface area contributed by atoms with E-state index in [1.165, 1.54) is 19.4 Å². The van der Waals surface area contributed by atoms with Crippen molar-refractivity contribution < 1.29 is 9.90 Å². The standard InChI is InChI=1S/C12H21N3O2/c16-12(17)14-11-9-6-15(7-10(9)11)5-8-1-3-13-4-2-8/h8-11,13-14H,1-7H2,(H,16,17). The molecule has 2 saturated heterocycles. The lowest BCUT2D eigenvalue weighted by Gasteiger charge is -2.28. The van der Waals surface area contributed by atoms with Gasteiger partial charge in [-0.25, -0.2) is 4.79 Å². The third-order valence-electron chi connectivity index (χ3n) is 4.53. The Morgan fingerprint density at radius 3 is 2.53 bits per heavy atom. The van der Waals surface area contributed by atoms with Crippen LogP contribution in [0.4, 0.5) is 4.79 Å². The van der Waals surface area contributed by atoms with Crippen LogP contribution in [0.3, 0.4) is 0 Å². The van der Waals surface area contributed by atoms with E-state index in [9.17, 15) is 4.79 Å². The van der Waals surface area contributed by atoms with Crippen LogP contribution in [0, 0.1) is 17.8 Å². The third kappa shape index (κ3) is 2.40. The number of fused-ring (bicyclic) bond motifs is 1. The van der Waals surface area contributed by atoms with Crippen LogP contribution >= 0.6 is 0 Å². The van der Waals surface area contributed by atoms with Crippen molar-refractivity contribution in [2.24, 2.45) is 17.8 Å². The lowest BCUT2D eigenvalue weighted by molar-refractivity contribution is 0.186. The van der Waals surface area contributed by atoms with Gasteiger partial charge in [-0.2, -0.15) is 0 Å². The molecule has 0 bridgehead atoms. The molecule has 0 aromatic carbocycles. The van der Waals surface area contributed by atoms with Gasteiger partial charge in [0.05, 0.1) is 0 Å². The Morgan fingerprint density at radius 1 is 1.29 bits per heavy atom. The Hall–Kier alpha value is -0.810. The molecule has 1 saturated carbocycles. The van der Waals surface area contributed by atoms with Crippen LogP contribution in [0.5, 0.6) is 0 Å². The van der Waals surface area contributed by atoms with Crippen molar-refractivity contribution in [1.29, 1.82) is 0 Å². The van der Waals surface area contributed by atoms with Gasteiger partial charge in [0, 0.05) is 25.7 Å². The second-order valence-corrected chi connectivity index (χ2v) is 5.71. The molecule has 17 heavy (non-hydrogen) atoms. The zero-order valence-corrected chi connectivity index (χ0v) is 10.1. The Kier molecular flexibility index (Phi) is 2.96. The van der Waals surface area contributed by atoms with E-state index in [-0.39, 0.29) is 6.04 Å². The van der Waals surface area contributed by atoms with Crippen LogP contribution in [0.1, 0.15) is 12.8 Å². The SMILES string of the molecule is O=C(O)NC1C2CN(CC3CCNCC3)CC21. The fraction of sp³-hybridized carbons (Fsp3) is 0.917. The molecule has 2 heterocycles. The highest BCUT2D eigenvalue weighted by molar-refractivity contribution is 5.65. The van der Waals surface area contributed by atoms with Gasteiger partial charge in [0.1, 0.15) is 0 Å². The largest absolute Gasteiger partial charge is 0.465 e. The van der Waals surface area contributed by atoms with Crippen molar-refractivity contribution in [2.45, 2.75) is 18.9 Å². The molecule has 3 N–H and O–H groups in total. The number of nitrogens with zero attached hydrogens (tertiary/aromatic N) is 1. The van der Waals surface area contributed by atoms with E-state index in [2.05, 4.69) is 15.5 Å². The predicted molar refractivity (Wildman–Crippen MR) is 64.0 cm³/mol. The van der Waals surface area contributed by atoms with Crippen molar-refractivity contribution >= 4 is 6.09 Å². The van der Waals surface area contributed by atoms with E-state index in [1.807, 2.05) is 0 Å². The highest BCUT2D eigenvalue weighted by atomic mass is 16.4. The molecular formula is C12H21N3O2. The number of carbonyl (C=O) groups is 1. The fourth-order valence-electron chi connectivity index (χ4n) is 3.55. The van der Waals surface area contributed by atoms with E-state index in [1.54, 1.807) is 0 Å². The van der Waals surface area contributed by atoms with Gasteiger partial charge >= 0.3 is 6.09 Å².